The summed E-state index contributed by atoms with van der Waals surface area (Å²) in [5.74, 6) is 0.131. The zero-order chi connectivity index (χ0) is 11.3. The Labute approximate surface area is 90.4 Å². The minimum atomic E-state index is -0.159. The van der Waals surface area contributed by atoms with E-state index in [2.05, 4.69) is 17.0 Å². The first-order valence-electron chi connectivity index (χ1n) is 5.16. The van der Waals surface area contributed by atoms with Crippen LogP contribution in [0.3, 0.4) is 0 Å². The number of hydrogen-bond acceptors (Lipinski definition) is 4. The van der Waals surface area contributed by atoms with E-state index in [1.807, 2.05) is 13.0 Å². The number of ketones is 1. The van der Waals surface area contributed by atoms with Gasteiger partial charge in [0.2, 0.25) is 0 Å². The summed E-state index contributed by atoms with van der Waals surface area (Å²) in [7, 11) is 0. The molecular formula is C11H18N2O2. The van der Waals surface area contributed by atoms with Crippen LogP contribution >= 0.6 is 0 Å². The van der Waals surface area contributed by atoms with Crippen LogP contribution in [0.1, 0.15) is 20.3 Å². The lowest BCUT2D eigenvalue weighted by Gasteiger charge is -2.17. The monoisotopic (exact) mass is 210 g/mol. The van der Waals surface area contributed by atoms with Crippen LogP contribution in [-0.2, 0) is 9.53 Å². The zero-order valence-corrected chi connectivity index (χ0v) is 9.32. The average molecular weight is 210 g/mol. The maximum absolute atomic E-state index is 11.2. The highest BCUT2D eigenvalue weighted by Crippen LogP contribution is 2.13. The molecule has 1 aliphatic heterocycles. The Kier molecular flexibility index (Phi) is 4.65. The highest BCUT2D eigenvalue weighted by Gasteiger charge is 2.30. The molecule has 0 bridgehead atoms. The largest absolute Gasteiger partial charge is 0.370 e. The van der Waals surface area contributed by atoms with E-state index in [1.54, 1.807) is 6.92 Å². The van der Waals surface area contributed by atoms with Gasteiger partial charge in [-0.1, -0.05) is 6.08 Å². The molecule has 0 aliphatic carbocycles. The molecule has 0 aromatic rings. The molecule has 1 fully saturated rings. The molecule has 0 amide bonds. The molecule has 0 aromatic heterocycles. The zero-order valence-electron chi connectivity index (χ0n) is 9.32. The third-order valence-electron chi connectivity index (χ3n) is 2.58. The number of hydrogen-bond donors (Lipinski definition) is 1. The van der Waals surface area contributed by atoms with Gasteiger partial charge >= 0.3 is 0 Å². The van der Waals surface area contributed by atoms with Crippen LogP contribution < -0.4 is 5.32 Å². The third-order valence-corrected chi connectivity index (χ3v) is 2.58. The number of nitrogens with one attached hydrogen (secondary N) is 1. The van der Waals surface area contributed by atoms with Gasteiger partial charge in [0.25, 0.3) is 0 Å². The van der Waals surface area contributed by atoms with E-state index in [1.165, 1.54) is 0 Å². The van der Waals surface area contributed by atoms with Crippen LogP contribution in [0.15, 0.2) is 16.8 Å². The van der Waals surface area contributed by atoms with Crippen LogP contribution in [0, 0.1) is 0 Å². The molecule has 84 valence electrons. The van der Waals surface area contributed by atoms with Crippen molar-refractivity contribution < 1.29 is 9.53 Å². The number of allylic oxidation sites excluding steroid dienone is 1. The first kappa shape index (κ1) is 12.1. The lowest BCUT2D eigenvalue weighted by atomic mass is 10.1. The van der Waals surface area contributed by atoms with Gasteiger partial charge in [-0.15, -0.1) is 0 Å². The van der Waals surface area contributed by atoms with Gasteiger partial charge in [-0.3, -0.25) is 9.79 Å². The first-order valence-corrected chi connectivity index (χ1v) is 5.16. The van der Waals surface area contributed by atoms with Gasteiger partial charge in [-0.2, -0.15) is 0 Å². The summed E-state index contributed by atoms with van der Waals surface area (Å²) in [4.78, 5) is 15.1. The second-order valence-electron chi connectivity index (χ2n) is 3.62. The summed E-state index contributed by atoms with van der Waals surface area (Å²) in [6.45, 7) is 8.19. The van der Waals surface area contributed by atoms with Crippen molar-refractivity contribution in [1.29, 1.82) is 0 Å². The topological polar surface area (TPSA) is 50.7 Å². The molecule has 0 saturated carbocycles. The van der Waals surface area contributed by atoms with E-state index in [0.29, 0.717) is 6.61 Å². The van der Waals surface area contributed by atoms with Crippen molar-refractivity contribution in [2.75, 3.05) is 13.2 Å². The van der Waals surface area contributed by atoms with Crippen LogP contribution in [0.5, 0.6) is 0 Å². The summed E-state index contributed by atoms with van der Waals surface area (Å²) in [5, 5.41) is 3.13. The summed E-state index contributed by atoms with van der Waals surface area (Å²) in [6, 6.07) is -0.159. The van der Waals surface area contributed by atoms with E-state index in [4.69, 9.17) is 4.74 Å². The predicted molar refractivity (Wildman–Crippen MR) is 60.1 cm³/mol. The molecule has 15 heavy (non-hydrogen) atoms. The van der Waals surface area contributed by atoms with Crippen molar-refractivity contribution in [3.63, 3.8) is 0 Å². The molecule has 2 atom stereocenters. The SMILES string of the molecule is C=N/C(=C\C)CO[C@H]1CCN[C@@H]1C(C)=O. The summed E-state index contributed by atoms with van der Waals surface area (Å²) >= 11 is 0. The Morgan fingerprint density at radius 1 is 1.73 bits per heavy atom. The Morgan fingerprint density at radius 2 is 2.47 bits per heavy atom. The molecule has 0 unspecified atom stereocenters. The Bertz CT molecular complexity index is 274. The van der Waals surface area contributed by atoms with Crippen molar-refractivity contribution in [1.82, 2.24) is 5.32 Å². The predicted octanol–water partition coefficient (Wildman–Crippen LogP) is 0.927. The number of aliphatic imine (C=N–C) groups is 1. The van der Waals surface area contributed by atoms with Crippen molar-refractivity contribution in [2.45, 2.75) is 32.4 Å². The summed E-state index contributed by atoms with van der Waals surface area (Å²) < 4.78 is 5.64. The number of ether oxygens (including phenoxy) is 1. The van der Waals surface area contributed by atoms with Gasteiger partial charge in [0.05, 0.1) is 24.4 Å². The third kappa shape index (κ3) is 3.25. The second kappa shape index (κ2) is 5.78. The first-order chi connectivity index (χ1) is 7.19. The van der Waals surface area contributed by atoms with Crippen molar-refractivity contribution in [3.05, 3.63) is 11.8 Å². The van der Waals surface area contributed by atoms with Gasteiger partial charge in [-0.25, -0.2) is 0 Å². The van der Waals surface area contributed by atoms with E-state index in [-0.39, 0.29) is 17.9 Å². The van der Waals surface area contributed by atoms with E-state index >= 15 is 0 Å². The molecule has 4 nitrogen and oxygen atoms in total. The Morgan fingerprint density at radius 3 is 3.00 bits per heavy atom. The number of carbonyl (C=O) groups is 1. The fraction of sp³-hybridized carbons (Fsp3) is 0.636. The van der Waals surface area contributed by atoms with Gasteiger partial charge in [0.1, 0.15) is 5.78 Å². The fourth-order valence-corrected chi connectivity index (χ4v) is 1.68. The summed E-state index contributed by atoms with van der Waals surface area (Å²) in [6.07, 6.45) is 2.70. The Balaban J connectivity index is 2.44. The fourth-order valence-electron chi connectivity index (χ4n) is 1.68. The van der Waals surface area contributed by atoms with Gasteiger partial charge in [0.15, 0.2) is 0 Å². The highest BCUT2D eigenvalue weighted by molar-refractivity contribution is 5.82. The lowest BCUT2D eigenvalue weighted by molar-refractivity contribution is -0.121. The molecule has 1 saturated heterocycles. The van der Waals surface area contributed by atoms with E-state index in [0.717, 1.165) is 18.7 Å². The van der Waals surface area contributed by atoms with Crippen molar-refractivity contribution in [3.8, 4) is 0 Å². The minimum Gasteiger partial charge on any atom is -0.370 e. The smallest absolute Gasteiger partial charge is 0.149 e. The quantitative estimate of drug-likeness (QED) is 0.687. The van der Waals surface area contributed by atoms with Crippen molar-refractivity contribution in [2.24, 2.45) is 4.99 Å². The molecule has 1 heterocycles. The molecule has 0 radical (unpaired) electrons. The molecule has 4 heteroatoms. The number of Topliss-reactive ketones (excluding diaryl/α,β-unsaturated/α-hetero) is 1. The molecular weight excluding hydrogens is 192 g/mol. The minimum absolute atomic E-state index is 0.0285. The maximum atomic E-state index is 11.2. The number of nitrogens with zero attached hydrogens (tertiary/aromatic N) is 1. The van der Waals surface area contributed by atoms with Gasteiger partial charge in [-0.05, 0) is 33.5 Å². The maximum Gasteiger partial charge on any atom is 0.149 e. The van der Waals surface area contributed by atoms with Gasteiger partial charge < -0.3 is 10.1 Å². The molecule has 1 aliphatic rings. The highest BCUT2D eigenvalue weighted by atomic mass is 16.5. The number of carbonyl (C=O) groups excluding carboxylic acids is 1. The van der Waals surface area contributed by atoms with Crippen molar-refractivity contribution >= 4 is 12.5 Å². The lowest BCUT2D eigenvalue weighted by Crippen LogP contribution is -2.38. The average Bonchev–Trinajstić information content (AvgIpc) is 2.67. The van der Waals surface area contributed by atoms with Gasteiger partial charge in [0, 0.05) is 0 Å². The van der Waals surface area contributed by atoms with E-state index in [9.17, 15) is 4.79 Å². The molecule has 0 aromatic carbocycles. The number of rotatable bonds is 5. The molecule has 1 rings (SSSR count). The normalized spacial score (nSPS) is 26.7. The molecule has 0 spiro atoms. The molecule has 1 N–H and O–H groups in total. The van der Waals surface area contributed by atoms with Crippen LogP contribution in [0.2, 0.25) is 0 Å². The van der Waals surface area contributed by atoms with Crippen LogP contribution in [0.4, 0.5) is 0 Å². The van der Waals surface area contributed by atoms with E-state index < -0.39 is 0 Å². The summed E-state index contributed by atoms with van der Waals surface area (Å²) in [5.41, 5.74) is 0.809. The Hall–Kier alpha value is -1.00. The second-order valence-corrected chi connectivity index (χ2v) is 3.62. The van der Waals surface area contributed by atoms with Crippen LogP contribution in [0.25, 0.3) is 0 Å². The standard InChI is InChI=1S/C11H18N2O2/c1-4-9(12-3)7-15-10-5-6-13-11(10)8(2)14/h4,10-11,13H,3,5-7H2,1-2H3/b9-4-/t10-,11+/m0/s1. The van der Waals surface area contributed by atoms with Crippen LogP contribution in [-0.4, -0.2) is 37.8 Å².